The number of methoxy groups -OCH3 is 1. The van der Waals surface area contributed by atoms with Gasteiger partial charge in [0.15, 0.2) is 11.5 Å². The average Bonchev–Trinajstić information content (AvgIpc) is 3.05. The summed E-state index contributed by atoms with van der Waals surface area (Å²) in [5.74, 6) is 1.64. The Labute approximate surface area is 140 Å². The minimum Gasteiger partial charge on any atom is -0.496 e. The van der Waals surface area contributed by atoms with Gasteiger partial charge in [-0.25, -0.2) is 9.50 Å². The average molecular weight is 315 g/mol. The molecule has 0 bridgehead atoms. The van der Waals surface area contributed by atoms with Crippen molar-refractivity contribution in [1.82, 2.24) is 14.6 Å². The van der Waals surface area contributed by atoms with Gasteiger partial charge in [0.25, 0.3) is 0 Å². The summed E-state index contributed by atoms with van der Waals surface area (Å²) >= 11 is 0. The SMILES string of the molecule is COc1ccccc1Cc1nc2c(-c3ccccc3)cccn2n1. The van der Waals surface area contributed by atoms with Crippen LogP contribution in [-0.2, 0) is 6.42 Å². The number of rotatable bonds is 4. The van der Waals surface area contributed by atoms with Crippen molar-refractivity contribution in [2.75, 3.05) is 7.11 Å². The molecule has 0 spiro atoms. The minimum atomic E-state index is 0.639. The Morgan fingerprint density at radius 2 is 1.71 bits per heavy atom. The quantitative estimate of drug-likeness (QED) is 0.571. The number of pyridine rings is 1. The molecule has 2 aromatic carbocycles. The topological polar surface area (TPSA) is 39.4 Å². The van der Waals surface area contributed by atoms with E-state index in [0.29, 0.717) is 6.42 Å². The van der Waals surface area contributed by atoms with Gasteiger partial charge >= 0.3 is 0 Å². The first-order valence-electron chi connectivity index (χ1n) is 7.87. The highest BCUT2D eigenvalue weighted by atomic mass is 16.5. The van der Waals surface area contributed by atoms with Crippen LogP contribution in [0.15, 0.2) is 72.9 Å². The van der Waals surface area contributed by atoms with Crippen LogP contribution in [0.1, 0.15) is 11.4 Å². The molecular weight excluding hydrogens is 298 g/mol. The van der Waals surface area contributed by atoms with Crippen LogP contribution in [0, 0.1) is 0 Å². The molecule has 0 amide bonds. The number of hydrogen-bond donors (Lipinski definition) is 0. The third-order valence-electron chi connectivity index (χ3n) is 4.03. The molecule has 2 heterocycles. The van der Waals surface area contributed by atoms with Gasteiger partial charge in [0.05, 0.1) is 7.11 Å². The predicted molar refractivity (Wildman–Crippen MR) is 94.2 cm³/mol. The molecular formula is C20H17N3O. The molecule has 0 aliphatic carbocycles. The normalized spacial score (nSPS) is 10.9. The van der Waals surface area contributed by atoms with Gasteiger partial charge in [0.1, 0.15) is 5.75 Å². The summed E-state index contributed by atoms with van der Waals surface area (Å²) in [6.07, 6.45) is 2.57. The monoisotopic (exact) mass is 315 g/mol. The molecule has 0 saturated heterocycles. The molecule has 4 nitrogen and oxygen atoms in total. The summed E-state index contributed by atoms with van der Waals surface area (Å²) < 4.78 is 7.26. The number of fused-ring (bicyclic) bond motifs is 1. The van der Waals surface area contributed by atoms with E-state index in [1.54, 1.807) is 7.11 Å². The maximum absolute atomic E-state index is 5.42. The molecule has 118 valence electrons. The van der Waals surface area contributed by atoms with E-state index < -0.39 is 0 Å². The molecule has 0 aliphatic heterocycles. The van der Waals surface area contributed by atoms with E-state index in [9.17, 15) is 0 Å². The summed E-state index contributed by atoms with van der Waals surface area (Å²) in [4.78, 5) is 4.76. The largest absolute Gasteiger partial charge is 0.496 e. The summed E-state index contributed by atoms with van der Waals surface area (Å²) in [5, 5.41) is 4.62. The van der Waals surface area contributed by atoms with Crippen molar-refractivity contribution in [1.29, 1.82) is 0 Å². The van der Waals surface area contributed by atoms with Gasteiger partial charge in [-0.15, -0.1) is 0 Å². The van der Waals surface area contributed by atoms with Crippen molar-refractivity contribution in [2.45, 2.75) is 6.42 Å². The summed E-state index contributed by atoms with van der Waals surface area (Å²) in [6.45, 7) is 0. The zero-order chi connectivity index (χ0) is 16.4. The van der Waals surface area contributed by atoms with E-state index in [4.69, 9.17) is 9.72 Å². The van der Waals surface area contributed by atoms with E-state index in [-0.39, 0.29) is 0 Å². The Morgan fingerprint density at radius 3 is 2.54 bits per heavy atom. The third-order valence-corrected chi connectivity index (χ3v) is 4.03. The number of hydrogen-bond acceptors (Lipinski definition) is 3. The van der Waals surface area contributed by atoms with E-state index >= 15 is 0 Å². The molecule has 0 saturated carbocycles. The van der Waals surface area contributed by atoms with Crippen molar-refractivity contribution >= 4 is 5.65 Å². The first-order chi connectivity index (χ1) is 11.8. The fraction of sp³-hybridized carbons (Fsp3) is 0.100. The number of benzene rings is 2. The lowest BCUT2D eigenvalue weighted by Gasteiger charge is -2.05. The summed E-state index contributed by atoms with van der Waals surface area (Å²) in [6, 6.07) is 22.3. The molecule has 4 aromatic rings. The lowest BCUT2D eigenvalue weighted by molar-refractivity contribution is 0.410. The van der Waals surface area contributed by atoms with Crippen LogP contribution in [0.4, 0.5) is 0 Å². The molecule has 0 radical (unpaired) electrons. The molecule has 4 heteroatoms. The fourth-order valence-corrected chi connectivity index (χ4v) is 2.89. The van der Waals surface area contributed by atoms with Gasteiger partial charge in [0, 0.05) is 23.7 Å². The van der Waals surface area contributed by atoms with Crippen LogP contribution in [0.3, 0.4) is 0 Å². The van der Waals surface area contributed by atoms with E-state index in [1.165, 1.54) is 0 Å². The van der Waals surface area contributed by atoms with Crippen molar-refractivity contribution < 1.29 is 4.74 Å². The lowest BCUT2D eigenvalue weighted by atomic mass is 10.1. The number of para-hydroxylation sites is 1. The number of nitrogens with zero attached hydrogens (tertiary/aromatic N) is 3. The molecule has 0 unspecified atom stereocenters. The van der Waals surface area contributed by atoms with Gasteiger partial charge in [0.2, 0.25) is 0 Å². The Morgan fingerprint density at radius 1 is 0.917 bits per heavy atom. The van der Waals surface area contributed by atoms with Crippen LogP contribution in [0.25, 0.3) is 16.8 Å². The van der Waals surface area contributed by atoms with E-state index in [2.05, 4.69) is 23.3 Å². The predicted octanol–water partition coefficient (Wildman–Crippen LogP) is 4.00. The zero-order valence-electron chi connectivity index (χ0n) is 13.4. The molecule has 24 heavy (non-hydrogen) atoms. The standard InChI is InChI=1S/C20H17N3O/c1-24-18-12-6-5-10-16(18)14-19-21-20-17(11-7-13-23(20)22-19)15-8-3-2-4-9-15/h2-13H,14H2,1H3. The number of aromatic nitrogens is 3. The van der Waals surface area contributed by atoms with Gasteiger partial charge in [-0.2, -0.15) is 5.10 Å². The van der Waals surface area contributed by atoms with Crippen LogP contribution in [-0.4, -0.2) is 21.7 Å². The van der Waals surface area contributed by atoms with Crippen molar-refractivity contribution in [3.05, 3.63) is 84.3 Å². The molecule has 2 aromatic heterocycles. The molecule has 0 N–H and O–H groups in total. The van der Waals surface area contributed by atoms with Gasteiger partial charge in [-0.1, -0.05) is 48.5 Å². The summed E-state index contributed by atoms with van der Waals surface area (Å²) in [7, 11) is 1.68. The second-order valence-corrected chi connectivity index (χ2v) is 5.57. The second-order valence-electron chi connectivity index (χ2n) is 5.57. The smallest absolute Gasteiger partial charge is 0.163 e. The van der Waals surface area contributed by atoms with Crippen molar-refractivity contribution in [3.8, 4) is 16.9 Å². The molecule has 0 fully saturated rings. The first kappa shape index (κ1) is 14.5. The highest BCUT2D eigenvalue weighted by molar-refractivity contribution is 5.77. The van der Waals surface area contributed by atoms with E-state index in [1.807, 2.05) is 59.2 Å². The molecule has 0 atom stereocenters. The Hall–Kier alpha value is -3.14. The van der Waals surface area contributed by atoms with Crippen LogP contribution in [0.5, 0.6) is 5.75 Å². The third kappa shape index (κ3) is 2.63. The van der Waals surface area contributed by atoms with Crippen LogP contribution in [0.2, 0.25) is 0 Å². The Kier molecular flexibility index (Phi) is 3.71. The van der Waals surface area contributed by atoms with Crippen molar-refractivity contribution in [3.63, 3.8) is 0 Å². The lowest BCUT2D eigenvalue weighted by Crippen LogP contribution is -1.95. The molecule has 4 rings (SSSR count). The van der Waals surface area contributed by atoms with E-state index in [0.717, 1.165) is 33.9 Å². The van der Waals surface area contributed by atoms with Crippen molar-refractivity contribution in [2.24, 2.45) is 0 Å². The zero-order valence-corrected chi connectivity index (χ0v) is 13.4. The highest BCUT2D eigenvalue weighted by Crippen LogP contribution is 2.24. The first-order valence-corrected chi connectivity index (χ1v) is 7.87. The van der Waals surface area contributed by atoms with Gasteiger partial charge < -0.3 is 4.74 Å². The van der Waals surface area contributed by atoms with Gasteiger partial charge in [-0.05, 0) is 23.8 Å². The van der Waals surface area contributed by atoms with Crippen LogP contribution >= 0.6 is 0 Å². The maximum atomic E-state index is 5.42. The minimum absolute atomic E-state index is 0.639. The maximum Gasteiger partial charge on any atom is 0.163 e. The van der Waals surface area contributed by atoms with Gasteiger partial charge in [-0.3, -0.25) is 0 Å². The fourth-order valence-electron chi connectivity index (χ4n) is 2.89. The second kappa shape index (κ2) is 6.16. The molecule has 0 aliphatic rings. The Balaban J connectivity index is 1.76. The summed E-state index contributed by atoms with van der Waals surface area (Å²) in [5.41, 5.74) is 4.17. The van der Waals surface area contributed by atoms with Crippen LogP contribution < -0.4 is 4.74 Å². The Bertz CT molecular complexity index is 977. The highest BCUT2D eigenvalue weighted by Gasteiger charge is 2.11. The number of ether oxygens (including phenoxy) is 1.